The summed E-state index contributed by atoms with van der Waals surface area (Å²) in [5.41, 5.74) is 12.6. The fraction of sp³-hybridized carbons (Fsp3) is 0.235. The van der Waals surface area contributed by atoms with Crippen LogP contribution >= 0.6 is 0 Å². The summed E-state index contributed by atoms with van der Waals surface area (Å²) in [5, 5.41) is 12.8. The molecule has 0 amide bonds. The normalized spacial score (nSPS) is 13.0. The van der Waals surface area contributed by atoms with Crippen LogP contribution in [0.2, 0.25) is 0 Å². The number of carbonyl (C=O) groups is 1. The van der Waals surface area contributed by atoms with E-state index >= 15 is 0 Å². The minimum absolute atomic E-state index is 0.0966. The van der Waals surface area contributed by atoms with Gasteiger partial charge < -0.3 is 21.6 Å². The number of aliphatic carboxylic acids is 1. The van der Waals surface area contributed by atoms with Crippen molar-refractivity contribution in [3.05, 3.63) is 59.9 Å². The SMILES string of the molecule is N/C=C(/CN)N(N)C(CC(=O)O)Cc1ccc2ccccc2c1. The van der Waals surface area contributed by atoms with Gasteiger partial charge in [0.15, 0.2) is 0 Å². The van der Waals surface area contributed by atoms with Gasteiger partial charge >= 0.3 is 5.97 Å². The van der Waals surface area contributed by atoms with E-state index in [1.54, 1.807) is 0 Å². The standard InChI is InChI=1S/C17H22N4O2/c18-10-16(11-19)21(20)15(9-17(22)23)8-12-5-6-13-3-1-2-4-14(13)7-12/h1-7,10,15H,8-9,11,18-20H2,(H,22,23)/b16-10-. The lowest BCUT2D eigenvalue weighted by molar-refractivity contribution is -0.138. The molecule has 0 heterocycles. The van der Waals surface area contributed by atoms with Crippen molar-refractivity contribution in [2.75, 3.05) is 6.54 Å². The first-order valence-electron chi connectivity index (χ1n) is 7.39. The second-order valence-corrected chi connectivity index (χ2v) is 5.41. The van der Waals surface area contributed by atoms with E-state index in [0.717, 1.165) is 16.3 Å². The predicted octanol–water partition coefficient (Wildman–Crippen LogP) is 1.16. The summed E-state index contributed by atoms with van der Waals surface area (Å²) < 4.78 is 0. The van der Waals surface area contributed by atoms with Gasteiger partial charge in [0.05, 0.1) is 18.2 Å². The van der Waals surface area contributed by atoms with Gasteiger partial charge in [0, 0.05) is 12.7 Å². The number of nitrogens with two attached hydrogens (primary N) is 3. The van der Waals surface area contributed by atoms with Gasteiger partial charge in [-0.15, -0.1) is 0 Å². The molecule has 2 aromatic carbocycles. The van der Waals surface area contributed by atoms with E-state index in [-0.39, 0.29) is 13.0 Å². The molecule has 0 aliphatic rings. The minimum Gasteiger partial charge on any atom is -0.481 e. The zero-order valence-corrected chi connectivity index (χ0v) is 12.9. The summed E-state index contributed by atoms with van der Waals surface area (Å²) in [6.45, 7) is 0.154. The topological polar surface area (TPSA) is 119 Å². The highest BCUT2D eigenvalue weighted by Crippen LogP contribution is 2.19. The average molecular weight is 314 g/mol. The van der Waals surface area contributed by atoms with Crippen LogP contribution in [0.25, 0.3) is 10.8 Å². The van der Waals surface area contributed by atoms with E-state index in [4.69, 9.17) is 22.4 Å². The summed E-state index contributed by atoms with van der Waals surface area (Å²) in [7, 11) is 0. The van der Waals surface area contributed by atoms with Crippen LogP contribution in [0.5, 0.6) is 0 Å². The molecule has 23 heavy (non-hydrogen) atoms. The Balaban J connectivity index is 2.26. The van der Waals surface area contributed by atoms with Crippen molar-refractivity contribution in [2.45, 2.75) is 18.9 Å². The molecule has 6 heteroatoms. The molecule has 0 saturated heterocycles. The number of benzene rings is 2. The third-order valence-electron chi connectivity index (χ3n) is 3.82. The molecule has 6 nitrogen and oxygen atoms in total. The van der Waals surface area contributed by atoms with Crippen molar-refractivity contribution in [2.24, 2.45) is 17.3 Å². The number of hydrogen-bond donors (Lipinski definition) is 4. The Morgan fingerprint density at radius 2 is 1.91 bits per heavy atom. The molecule has 2 rings (SSSR count). The van der Waals surface area contributed by atoms with Crippen LogP contribution < -0.4 is 17.3 Å². The van der Waals surface area contributed by atoms with Gasteiger partial charge in [0.2, 0.25) is 0 Å². The molecule has 0 aromatic heterocycles. The summed E-state index contributed by atoms with van der Waals surface area (Å²) in [6, 6.07) is 13.6. The Morgan fingerprint density at radius 3 is 2.52 bits per heavy atom. The minimum atomic E-state index is -0.917. The zero-order chi connectivity index (χ0) is 16.8. The Labute approximate surface area is 135 Å². The molecule has 7 N–H and O–H groups in total. The lowest BCUT2D eigenvalue weighted by atomic mass is 9.99. The largest absolute Gasteiger partial charge is 0.481 e. The third kappa shape index (κ3) is 4.21. The fourth-order valence-electron chi connectivity index (χ4n) is 2.60. The summed E-state index contributed by atoms with van der Waals surface area (Å²) in [4.78, 5) is 11.2. The van der Waals surface area contributed by atoms with Gasteiger partial charge in [0.1, 0.15) is 0 Å². The maximum absolute atomic E-state index is 11.2. The molecule has 1 atom stereocenters. The molecule has 0 radical (unpaired) electrons. The maximum Gasteiger partial charge on any atom is 0.305 e. The molecule has 1 unspecified atom stereocenters. The molecule has 0 saturated carbocycles. The molecular formula is C17H22N4O2. The molecule has 0 aliphatic heterocycles. The van der Waals surface area contributed by atoms with Gasteiger partial charge in [0.25, 0.3) is 0 Å². The van der Waals surface area contributed by atoms with Crippen molar-refractivity contribution in [1.82, 2.24) is 5.01 Å². The van der Waals surface area contributed by atoms with Crippen LogP contribution in [-0.2, 0) is 11.2 Å². The van der Waals surface area contributed by atoms with Crippen molar-refractivity contribution in [1.29, 1.82) is 0 Å². The first-order valence-corrected chi connectivity index (χ1v) is 7.39. The van der Waals surface area contributed by atoms with E-state index in [1.807, 2.05) is 42.5 Å². The Kier molecular flexibility index (Phi) is 5.56. The first-order chi connectivity index (χ1) is 11.0. The highest BCUT2D eigenvalue weighted by Gasteiger charge is 2.21. The molecule has 2 aromatic rings. The lowest BCUT2D eigenvalue weighted by Crippen LogP contribution is -2.45. The molecule has 0 aliphatic carbocycles. The Bertz CT molecular complexity index is 715. The number of fused-ring (bicyclic) bond motifs is 1. The number of rotatable bonds is 7. The second-order valence-electron chi connectivity index (χ2n) is 5.41. The van der Waals surface area contributed by atoms with Crippen molar-refractivity contribution < 1.29 is 9.90 Å². The quantitative estimate of drug-likeness (QED) is 0.450. The molecule has 0 bridgehead atoms. The van der Waals surface area contributed by atoms with E-state index in [0.29, 0.717) is 12.1 Å². The van der Waals surface area contributed by atoms with Crippen LogP contribution in [0.3, 0.4) is 0 Å². The number of hydrazine groups is 1. The van der Waals surface area contributed by atoms with Gasteiger partial charge in [-0.1, -0.05) is 42.5 Å². The summed E-state index contributed by atoms with van der Waals surface area (Å²) in [6.07, 6.45) is 1.71. The van der Waals surface area contributed by atoms with Gasteiger partial charge in [-0.25, -0.2) is 5.84 Å². The van der Waals surface area contributed by atoms with Crippen LogP contribution in [0.4, 0.5) is 0 Å². The van der Waals surface area contributed by atoms with Gasteiger partial charge in [-0.2, -0.15) is 0 Å². The Hall–Kier alpha value is -2.57. The average Bonchev–Trinajstić information content (AvgIpc) is 2.54. The van der Waals surface area contributed by atoms with Crippen LogP contribution in [0.15, 0.2) is 54.4 Å². The van der Waals surface area contributed by atoms with Crippen molar-refractivity contribution >= 4 is 16.7 Å². The van der Waals surface area contributed by atoms with Crippen molar-refractivity contribution in [3.63, 3.8) is 0 Å². The number of hydrogen-bond acceptors (Lipinski definition) is 5. The molecule has 0 spiro atoms. The number of carboxylic acids is 1. The van der Waals surface area contributed by atoms with Crippen LogP contribution in [-0.4, -0.2) is 28.7 Å². The fourth-order valence-corrected chi connectivity index (χ4v) is 2.60. The van der Waals surface area contributed by atoms with Crippen LogP contribution in [0.1, 0.15) is 12.0 Å². The molecular weight excluding hydrogens is 292 g/mol. The van der Waals surface area contributed by atoms with Gasteiger partial charge in [-0.3, -0.25) is 4.79 Å². The van der Waals surface area contributed by atoms with E-state index in [2.05, 4.69) is 0 Å². The number of carboxylic acid groups (broad SMARTS) is 1. The maximum atomic E-state index is 11.2. The first kappa shape index (κ1) is 16.8. The summed E-state index contributed by atoms with van der Waals surface area (Å²) in [5.74, 6) is 5.12. The smallest absolute Gasteiger partial charge is 0.305 e. The molecule has 122 valence electrons. The lowest BCUT2D eigenvalue weighted by Gasteiger charge is -2.29. The van der Waals surface area contributed by atoms with E-state index in [9.17, 15) is 4.79 Å². The zero-order valence-electron chi connectivity index (χ0n) is 12.9. The van der Waals surface area contributed by atoms with E-state index in [1.165, 1.54) is 11.2 Å². The monoisotopic (exact) mass is 314 g/mol. The van der Waals surface area contributed by atoms with E-state index < -0.39 is 12.0 Å². The second kappa shape index (κ2) is 7.62. The predicted molar refractivity (Wildman–Crippen MR) is 91.0 cm³/mol. The van der Waals surface area contributed by atoms with Gasteiger partial charge in [-0.05, 0) is 22.8 Å². The highest BCUT2D eigenvalue weighted by molar-refractivity contribution is 5.83. The highest BCUT2D eigenvalue weighted by atomic mass is 16.4. The van der Waals surface area contributed by atoms with Crippen molar-refractivity contribution in [3.8, 4) is 0 Å². The number of nitrogens with zero attached hydrogens (tertiary/aromatic N) is 1. The molecule has 0 fully saturated rings. The van der Waals surface area contributed by atoms with Crippen LogP contribution in [0, 0.1) is 0 Å². The Morgan fingerprint density at radius 1 is 1.22 bits per heavy atom. The summed E-state index contributed by atoms with van der Waals surface area (Å²) >= 11 is 0. The third-order valence-corrected chi connectivity index (χ3v) is 3.82.